The maximum Gasteiger partial charge on any atom is 0.240 e. The zero-order chi connectivity index (χ0) is 17.7. The summed E-state index contributed by atoms with van der Waals surface area (Å²) in [5.41, 5.74) is 6.34. The van der Waals surface area contributed by atoms with E-state index in [2.05, 4.69) is 5.32 Å². The van der Waals surface area contributed by atoms with Crippen LogP contribution in [0, 0.1) is 11.6 Å². The van der Waals surface area contributed by atoms with Crippen molar-refractivity contribution in [3.63, 3.8) is 0 Å². The number of rotatable bonds is 6. The van der Waals surface area contributed by atoms with Crippen molar-refractivity contribution in [3.05, 3.63) is 70.2 Å². The van der Waals surface area contributed by atoms with Crippen molar-refractivity contribution in [2.24, 2.45) is 5.73 Å². The van der Waals surface area contributed by atoms with Crippen molar-refractivity contribution >= 4 is 23.4 Å². The minimum absolute atomic E-state index is 0.180. The monoisotopic (exact) mass is 352 g/mol. The normalized spacial score (nSPS) is 11.8. The van der Waals surface area contributed by atoms with E-state index < -0.39 is 29.5 Å². The van der Waals surface area contributed by atoms with E-state index in [-0.39, 0.29) is 18.4 Å². The number of nitrogens with one attached hydrogen (secondary N) is 1. The van der Waals surface area contributed by atoms with Crippen LogP contribution in [0.5, 0.6) is 0 Å². The third-order valence-corrected chi connectivity index (χ3v) is 3.59. The molecule has 0 aliphatic carbocycles. The van der Waals surface area contributed by atoms with Crippen molar-refractivity contribution in [2.75, 3.05) is 0 Å². The van der Waals surface area contributed by atoms with Crippen LogP contribution in [0.3, 0.4) is 0 Å². The van der Waals surface area contributed by atoms with Gasteiger partial charge < -0.3 is 11.1 Å². The van der Waals surface area contributed by atoms with Gasteiger partial charge in [0, 0.05) is 11.4 Å². The molecule has 0 unspecified atom stereocenters. The van der Waals surface area contributed by atoms with E-state index in [0.717, 1.165) is 17.7 Å². The van der Waals surface area contributed by atoms with Crippen LogP contribution in [0.15, 0.2) is 42.5 Å². The van der Waals surface area contributed by atoms with Crippen molar-refractivity contribution < 1.29 is 18.4 Å². The average molecular weight is 353 g/mol. The summed E-state index contributed by atoms with van der Waals surface area (Å²) < 4.78 is 26.0. The van der Waals surface area contributed by atoms with Crippen LogP contribution < -0.4 is 11.1 Å². The van der Waals surface area contributed by atoms with Gasteiger partial charge in [-0.25, -0.2) is 8.78 Å². The minimum atomic E-state index is -1.04. The van der Waals surface area contributed by atoms with Crippen molar-refractivity contribution in [3.8, 4) is 0 Å². The summed E-state index contributed by atoms with van der Waals surface area (Å²) in [6.45, 7) is 0. The summed E-state index contributed by atoms with van der Waals surface area (Å²) in [5, 5.41) is 3.00. The van der Waals surface area contributed by atoms with Crippen LogP contribution in [0.1, 0.15) is 11.1 Å². The Kier molecular flexibility index (Phi) is 5.87. The molecule has 0 fully saturated rings. The molecule has 126 valence electrons. The second-order valence-electron chi connectivity index (χ2n) is 5.28. The zero-order valence-electron chi connectivity index (χ0n) is 12.6. The number of hydrogen-bond donors (Lipinski definition) is 2. The first-order chi connectivity index (χ1) is 11.3. The number of hydrogen-bond acceptors (Lipinski definition) is 2. The maximum atomic E-state index is 13.2. The third kappa shape index (κ3) is 5.03. The summed E-state index contributed by atoms with van der Waals surface area (Å²) >= 11 is 5.88. The molecule has 0 aromatic heterocycles. The Morgan fingerprint density at radius 1 is 1.08 bits per heavy atom. The number of halogens is 3. The molecule has 3 N–H and O–H groups in total. The Labute approximate surface area is 142 Å². The van der Waals surface area contributed by atoms with Crippen LogP contribution in [0.4, 0.5) is 8.78 Å². The van der Waals surface area contributed by atoms with Crippen LogP contribution in [-0.2, 0) is 22.4 Å². The van der Waals surface area contributed by atoms with Crippen molar-refractivity contribution in [2.45, 2.75) is 18.9 Å². The standard InChI is InChI=1S/C17H15ClF2N2O2/c18-12-3-1-2-10(6-12)8-15(17(21)24)22-16(23)9-11-4-5-13(19)14(20)7-11/h1-7,15H,8-9H2,(H2,21,24)(H,22,23)/t15-/m1/s1. The van der Waals surface area contributed by atoms with E-state index in [1.165, 1.54) is 6.07 Å². The molecular formula is C17H15ClF2N2O2. The van der Waals surface area contributed by atoms with Gasteiger partial charge in [-0.3, -0.25) is 9.59 Å². The summed E-state index contributed by atoms with van der Waals surface area (Å²) in [6, 6.07) is 9.07. The molecule has 0 bridgehead atoms. The molecule has 0 aliphatic heterocycles. The summed E-state index contributed by atoms with van der Waals surface area (Å²) in [5.74, 6) is -3.25. The molecule has 0 saturated carbocycles. The van der Waals surface area contributed by atoms with Crippen LogP contribution >= 0.6 is 11.6 Å². The number of amides is 2. The highest BCUT2D eigenvalue weighted by molar-refractivity contribution is 6.30. The summed E-state index contributed by atoms with van der Waals surface area (Å²) in [6.07, 6.45) is -0.0179. The predicted molar refractivity (Wildman–Crippen MR) is 86.3 cm³/mol. The van der Waals surface area contributed by atoms with Gasteiger partial charge in [-0.1, -0.05) is 29.8 Å². The molecule has 0 saturated heterocycles. The molecule has 2 aromatic rings. The van der Waals surface area contributed by atoms with Crippen molar-refractivity contribution in [1.82, 2.24) is 5.32 Å². The van der Waals surface area contributed by atoms with Gasteiger partial charge in [0.25, 0.3) is 0 Å². The number of benzene rings is 2. The Bertz CT molecular complexity index is 768. The predicted octanol–water partition coefficient (Wildman–Crippen LogP) is 2.37. The molecule has 2 aromatic carbocycles. The van der Waals surface area contributed by atoms with E-state index in [1.54, 1.807) is 24.3 Å². The van der Waals surface area contributed by atoms with Gasteiger partial charge in [0.1, 0.15) is 6.04 Å². The maximum absolute atomic E-state index is 13.2. The highest BCUT2D eigenvalue weighted by Crippen LogP contribution is 2.13. The Hall–Kier alpha value is -2.47. The first kappa shape index (κ1) is 17.9. The lowest BCUT2D eigenvalue weighted by molar-refractivity contribution is -0.127. The largest absolute Gasteiger partial charge is 0.368 e. The topological polar surface area (TPSA) is 72.2 Å². The van der Waals surface area contributed by atoms with E-state index in [9.17, 15) is 18.4 Å². The highest BCUT2D eigenvalue weighted by Gasteiger charge is 2.19. The van der Waals surface area contributed by atoms with Gasteiger partial charge in [0.15, 0.2) is 11.6 Å². The zero-order valence-corrected chi connectivity index (χ0v) is 13.3. The molecule has 2 amide bonds. The number of carbonyl (C=O) groups excluding carboxylic acids is 2. The molecule has 0 aliphatic rings. The van der Waals surface area contributed by atoms with E-state index in [4.69, 9.17) is 17.3 Å². The van der Waals surface area contributed by atoms with Crippen LogP contribution in [0.2, 0.25) is 5.02 Å². The Morgan fingerprint density at radius 3 is 2.46 bits per heavy atom. The molecular weight excluding hydrogens is 338 g/mol. The lowest BCUT2D eigenvalue weighted by Crippen LogP contribution is -2.46. The second kappa shape index (κ2) is 7.88. The highest BCUT2D eigenvalue weighted by atomic mass is 35.5. The number of nitrogens with two attached hydrogens (primary N) is 1. The molecule has 0 heterocycles. The average Bonchev–Trinajstić information content (AvgIpc) is 2.50. The fourth-order valence-corrected chi connectivity index (χ4v) is 2.42. The molecule has 7 heteroatoms. The van der Waals surface area contributed by atoms with Crippen LogP contribution in [0.25, 0.3) is 0 Å². The fraction of sp³-hybridized carbons (Fsp3) is 0.176. The molecule has 0 spiro atoms. The molecule has 1 atom stereocenters. The smallest absolute Gasteiger partial charge is 0.240 e. The summed E-state index contributed by atoms with van der Waals surface area (Å²) in [4.78, 5) is 23.6. The van der Waals surface area contributed by atoms with Crippen LogP contribution in [-0.4, -0.2) is 17.9 Å². The Morgan fingerprint density at radius 2 is 1.83 bits per heavy atom. The first-order valence-electron chi connectivity index (χ1n) is 7.12. The Balaban J connectivity index is 2.02. The third-order valence-electron chi connectivity index (χ3n) is 3.36. The van der Waals surface area contributed by atoms with Gasteiger partial charge in [-0.2, -0.15) is 0 Å². The van der Waals surface area contributed by atoms with E-state index in [1.807, 2.05) is 0 Å². The first-order valence-corrected chi connectivity index (χ1v) is 7.50. The van der Waals surface area contributed by atoms with Gasteiger partial charge >= 0.3 is 0 Å². The molecule has 4 nitrogen and oxygen atoms in total. The minimum Gasteiger partial charge on any atom is -0.368 e. The second-order valence-corrected chi connectivity index (χ2v) is 5.72. The van der Waals surface area contributed by atoms with Gasteiger partial charge in [-0.15, -0.1) is 0 Å². The van der Waals surface area contributed by atoms with Gasteiger partial charge in [0.05, 0.1) is 6.42 Å². The quantitative estimate of drug-likeness (QED) is 0.837. The molecule has 0 radical (unpaired) electrons. The fourth-order valence-electron chi connectivity index (χ4n) is 2.20. The number of primary amides is 1. The van der Waals surface area contributed by atoms with Crippen molar-refractivity contribution in [1.29, 1.82) is 0 Å². The lowest BCUT2D eigenvalue weighted by Gasteiger charge is -2.16. The molecule has 2 rings (SSSR count). The lowest BCUT2D eigenvalue weighted by atomic mass is 10.0. The SMILES string of the molecule is NC(=O)[C@@H](Cc1cccc(Cl)c1)NC(=O)Cc1ccc(F)c(F)c1. The van der Waals surface area contributed by atoms with E-state index in [0.29, 0.717) is 5.02 Å². The van der Waals surface area contributed by atoms with Gasteiger partial charge in [-0.05, 0) is 35.4 Å². The van der Waals surface area contributed by atoms with Gasteiger partial charge in [0.2, 0.25) is 11.8 Å². The van der Waals surface area contributed by atoms with E-state index >= 15 is 0 Å². The summed E-state index contributed by atoms with van der Waals surface area (Å²) in [7, 11) is 0. The number of carbonyl (C=O) groups is 2. The molecule has 24 heavy (non-hydrogen) atoms.